The highest BCUT2D eigenvalue weighted by molar-refractivity contribution is 5.74. The van der Waals surface area contributed by atoms with Crippen LogP contribution in [0.25, 0.3) is 0 Å². The van der Waals surface area contributed by atoms with Crippen molar-refractivity contribution in [2.45, 2.75) is 76.2 Å². The summed E-state index contributed by atoms with van der Waals surface area (Å²) in [6, 6.07) is 0. The molecule has 6 aliphatic carbocycles. The van der Waals surface area contributed by atoms with Crippen LogP contribution in [0.3, 0.4) is 0 Å². The number of hydrogen-bond acceptors (Lipinski definition) is 2. The van der Waals surface area contributed by atoms with Crippen molar-refractivity contribution in [2.24, 2.45) is 47.3 Å². The molecule has 0 N–H and O–H groups in total. The Hall–Kier alpha value is -0.790. The molecule has 5 saturated carbocycles. The van der Waals surface area contributed by atoms with Crippen molar-refractivity contribution in [3.63, 3.8) is 0 Å². The SMILES string of the molecule is O=C(OC1(C2CC3CC2C2CCCC32)CCCC1)C1CC2C=CC1C2. The molecule has 136 valence electrons. The highest BCUT2D eigenvalue weighted by atomic mass is 16.6. The van der Waals surface area contributed by atoms with E-state index in [-0.39, 0.29) is 17.5 Å². The minimum atomic E-state index is -0.0738. The second-order valence-electron chi connectivity index (χ2n) is 10.3. The Morgan fingerprint density at radius 2 is 1.72 bits per heavy atom. The number of hydrogen-bond donors (Lipinski definition) is 0. The van der Waals surface area contributed by atoms with E-state index in [1.807, 2.05) is 0 Å². The molecule has 0 amide bonds. The lowest BCUT2D eigenvalue weighted by atomic mass is 9.68. The zero-order valence-corrected chi connectivity index (χ0v) is 15.4. The molecular formula is C23H32O2. The monoisotopic (exact) mass is 340 g/mol. The summed E-state index contributed by atoms with van der Waals surface area (Å²) in [4.78, 5) is 13.1. The van der Waals surface area contributed by atoms with Gasteiger partial charge in [0.2, 0.25) is 0 Å². The van der Waals surface area contributed by atoms with Crippen molar-refractivity contribution in [3.05, 3.63) is 12.2 Å². The molecule has 0 saturated heterocycles. The summed E-state index contributed by atoms with van der Waals surface area (Å²) in [5, 5.41) is 0. The van der Waals surface area contributed by atoms with Crippen molar-refractivity contribution in [2.75, 3.05) is 0 Å². The van der Waals surface area contributed by atoms with E-state index < -0.39 is 0 Å². The molecule has 0 radical (unpaired) electrons. The van der Waals surface area contributed by atoms with Gasteiger partial charge >= 0.3 is 5.97 Å². The summed E-state index contributed by atoms with van der Waals surface area (Å²) < 4.78 is 6.55. The number of allylic oxidation sites excluding steroid dienone is 2. The first-order valence-corrected chi connectivity index (χ1v) is 11.1. The van der Waals surface area contributed by atoms with Gasteiger partial charge in [-0.05, 0) is 99.7 Å². The first-order chi connectivity index (χ1) is 12.2. The predicted octanol–water partition coefficient (Wildman–Crippen LogP) is 5.13. The Bertz CT molecular complexity index is 601. The third-order valence-corrected chi connectivity index (χ3v) is 9.44. The van der Waals surface area contributed by atoms with Gasteiger partial charge < -0.3 is 4.74 Å². The zero-order chi connectivity index (χ0) is 16.6. The third-order valence-electron chi connectivity index (χ3n) is 9.44. The number of carbonyl (C=O) groups is 1. The fourth-order valence-electron chi connectivity index (χ4n) is 8.52. The number of ether oxygens (including phenoxy) is 1. The molecule has 6 aliphatic rings. The average molecular weight is 341 g/mol. The lowest BCUT2D eigenvalue weighted by Gasteiger charge is -2.43. The van der Waals surface area contributed by atoms with Gasteiger partial charge in [0, 0.05) is 5.92 Å². The van der Waals surface area contributed by atoms with Gasteiger partial charge in [-0.2, -0.15) is 0 Å². The topological polar surface area (TPSA) is 26.3 Å². The highest BCUT2D eigenvalue weighted by Crippen LogP contribution is 2.65. The van der Waals surface area contributed by atoms with Gasteiger partial charge in [0.15, 0.2) is 0 Å². The summed E-state index contributed by atoms with van der Waals surface area (Å²) in [5.74, 6) is 6.02. The largest absolute Gasteiger partial charge is 0.459 e. The fraction of sp³-hybridized carbons (Fsp3) is 0.870. The molecule has 6 rings (SSSR count). The zero-order valence-electron chi connectivity index (χ0n) is 15.4. The summed E-state index contributed by atoms with van der Waals surface area (Å²) >= 11 is 0. The quantitative estimate of drug-likeness (QED) is 0.526. The molecule has 8 atom stereocenters. The van der Waals surface area contributed by atoms with Crippen LogP contribution < -0.4 is 0 Å². The Balaban J connectivity index is 1.24. The van der Waals surface area contributed by atoms with Crippen LogP contribution in [0, 0.1) is 47.3 Å². The molecular weight excluding hydrogens is 308 g/mol. The standard InChI is InChI=1S/C23H32O2/c24-22(19-11-14-6-7-15(19)10-14)25-23(8-1-2-9-23)21-13-16-12-20(21)18-5-3-4-17(16)18/h6-7,14-21H,1-5,8-13H2. The number of fused-ring (bicyclic) bond motifs is 7. The molecule has 25 heavy (non-hydrogen) atoms. The van der Waals surface area contributed by atoms with Crippen LogP contribution in [0.5, 0.6) is 0 Å². The van der Waals surface area contributed by atoms with Crippen molar-refractivity contribution in [3.8, 4) is 0 Å². The maximum atomic E-state index is 13.1. The minimum Gasteiger partial charge on any atom is -0.459 e. The second kappa shape index (κ2) is 5.36. The molecule has 0 aromatic rings. The summed E-state index contributed by atoms with van der Waals surface area (Å²) in [7, 11) is 0. The third kappa shape index (κ3) is 2.12. The van der Waals surface area contributed by atoms with Crippen molar-refractivity contribution >= 4 is 5.97 Å². The Morgan fingerprint density at radius 3 is 2.48 bits per heavy atom. The van der Waals surface area contributed by atoms with Crippen LogP contribution >= 0.6 is 0 Å². The van der Waals surface area contributed by atoms with Crippen LogP contribution in [0.15, 0.2) is 12.2 Å². The molecule has 0 aromatic carbocycles. The van der Waals surface area contributed by atoms with E-state index in [2.05, 4.69) is 12.2 Å². The molecule has 2 nitrogen and oxygen atoms in total. The lowest BCUT2D eigenvalue weighted by Crippen LogP contribution is -2.46. The first-order valence-electron chi connectivity index (χ1n) is 11.1. The number of carbonyl (C=O) groups excluding carboxylic acids is 1. The van der Waals surface area contributed by atoms with Gasteiger partial charge in [-0.25, -0.2) is 0 Å². The van der Waals surface area contributed by atoms with Gasteiger partial charge in [0.25, 0.3) is 0 Å². The summed E-state index contributed by atoms with van der Waals surface area (Å²) in [5.41, 5.74) is -0.0738. The maximum Gasteiger partial charge on any atom is 0.310 e. The van der Waals surface area contributed by atoms with E-state index >= 15 is 0 Å². The molecule has 0 aromatic heterocycles. The summed E-state index contributed by atoms with van der Waals surface area (Å²) in [6.45, 7) is 0. The second-order valence-corrected chi connectivity index (χ2v) is 10.3. The molecule has 0 aliphatic heterocycles. The Labute approximate surface area is 151 Å². The normalized spacial score (nSPS) is 51.4. The van der Waals surface area contributed by atoms with E-state index in [1.54, 1.807) is 0 Å². The first kappa shape index (κ1) is 15.3. The Kier molecular flexibility index (Phi) is 3.28. The molecule has 0 heterocycles. The minimum absolute atomic E-state index is 0.0738. The van der Waals surface area contributed by atoms with Gasteiger partial charge in [0.1, 0.15) is 5.60 Å². The molecule has 2 heteroatoms. The van der Waals surface area contributed by atoms with Gasteiger partial charge in [-0.1, -0.05) is 18.6 Å². The van der Waals surface area contributed by atoms with Crippen LogP contribution in [0.1, 0.15) is 70.6 Å². The highest BCUT2D eigenvalue weighted by Gasteiger charge is 2.61. The maximum absolute atomic E-state index is 13.1. The fourth-order valence-corrected chi connectivity index (χ4v) is 8.52. The van der Waals surface area contributed by atoms with Crippen LogP contribution in [0.2, 0.25) is 0 Å². The lowest BCUT2D eigenvalue weighted by molar-refractivity contribution is -0.176. The number of rotatable bonds is 3. The van der Waals surface area contributed by atoms with E-state index in [9.17, 15) is 4.79 Å². The van der Waals surface area contributed by atoms with E-state index in [4.69, 9.17) is 4.74 Å². The van der Waals surface area contributed by atoms with Gasteiger partial charge in [0.05, 0.1) is 5.92 Å². The van der Waals surface area contributed by atoms with Crippen LogP contribution in [0.4, 0.5) is 0 Å². The Morgan fingerprint density at radius 1 is 0.880 bits per heavy atom. The molecule has 5 fully saturated rings. The van der Waals surface area contributed by atoms with Crippen molar-refractivity contribution < 1.29 is 9.53 Å². The smallest absolute Gasteiger partial charge is 0.310 e. The molecule has 4 bridgehead atoms. The predicted molar refractivity (Wildman–Crippen MR) is 96.7 cm³/mol. The molecule has 0 spiro atoms. The van der Waals surface area contributed by atoms with E-state index in [1.165, 1.54) is 51.4 Å². The van der Waals surface area contributed by atoms with Crippen LogP contribution in [-0.4, -0.2) is 11.6 Å². The van der Waals surface area contributed by atoms with E-state index in [0.29, 0.717) is 17.8 Å². The van der Waals surface area contributed by atoms with Crippen molar-refractivity contribution in [1.29, 1.82) is 0 Å². The van der Waals surface area contributed by atoms with Gasteiger partial charge in [-0.3, -0.25) is 4.79 Å². The summed E-state index contributed by atoms with van der Waals surface area (Å²) in [6.07, 6.45) is 19.0. The van der Waals surface area contributed by atoms with Gasteiger partial charge in [-0.15, -0.1) is 0 Å². The van der Waals surface area contributed by atoms with E-state index in [0.717, 1.165) is 42.9 Å². The average Bonchev–Trinajstić information content (AvgIpc) is 3.44. The van der Waals surface area contributed by atoms with Crippen LogP contribution in [-0.2, 0) is 9.53 Å². The van der Waals surface area contributed by atoms with Crippen molar-refractivity contribution in [1.82, 2.24) is 0 Å². The molecule has 8 unspecified atom stereocenters. The number of esters is 1.